The van der Waals surface area contributed by atoms with Gasteiger partial charge in [-0.25, -0.2) is 19.6 Å². The van der Waals surface area contributed by atoms with Crippen molar-refractivity contribution in [1.82, 2.24) is 0 Å². The molecule has 0 saturated heterocycles. The molecule has 0 saturated carbocycles. The molecule has 4 heteroatoms. The van der Waals surface area contributed by atoms with Gasteiger partial charge in [0.25, 0.3) is 0 Å². The fraction of sp³-hybridized carbons (Fsp3) is 0.833. The summed E-state index contributed by atoms with van der Waals surface area (Å²) in [6.45, 7) is 4.76. The summed E-state index contributed by atoms with van der Waals surface area (Å²) < 4.78 is 0. The van der Waals surface area contributed by atoms with E-state index in [9.17, 15) is 9.59 Å². The molecule has 0 aromatic carbocycles. The quantitative estimate of drug-likeness (QED) is 0.343. The second-order valence-electron chi connectivity index (χ2n) is 3.91. The van der Waals surface area contributed by atoms with E-state index >= 15 is 0 Å². The van der Waals surface area contributed by atoms with Gasteiger partial charge in [0.1, 0.15) is 0 Å². The zero-order chi connectivity index (χ0) is 12.2. The van der Waals surface area contributed by atoms with E-state index in [-0.39, 0.29) is 6.04 Å². The molecule has 0 radical (unpaired) electrons. The highest BCUT2D eigenvalue weighted by Crippen LogP contribution is 2.19. The molecule has 0 fully saturated rings. The summed E-state index contributed by atoms with van der Waals surface area (Å²) in [7, 11) is 0. The van der Waals surface area contributed by atoms with E-state index in [0.29, 0.717) is 12.5 Å². The smallest absolute Gasteiger partial charge is 0.211 e. The molecule has 0 aliphatic rings. The molecule has 0 rings (SSSR count). The minimum atomic E-state index is 0.0317. The number of carbonyl (C=O) groups excluding carboxylic acids is 2. The van der Waals surface area contributed by atoms with Gasteiger partial charge in [-0.05, 0) is 25.2 Å². The zero-order valence-electron chi connectivity index (χ0n) is 10.1. The van der Waals surface area contributed by atoms with Crippen molar-refractivity contribution in [2.75, 3.05) is 6.54 Å². The summed E-state index contributed by atoms with van der Waals surface area (Å²) in [5.41, 5.74) is 0. The number of nitrogens with zero attached hydrogens (tertiary/aromatic N) is 2. The SMILES string of the molecule is CCC(CC)CC(CCCN=C=O)N=C=O. The Kier molecular flexibility index (Phi) is 9.49. The van der Waals surface area contributed by atoms with Crippen molar-refractivity contribution >= 4 is 12.2 Å². The van der Waals surface area contributed by atoms with Crippen molar-refractivity contribution in [3.8, 4) is 0 Å². The van der Waals surface area contributed by atoms with Gasteiger partial charge < -0.3 is 0 Å². The van der Waals surface area contributed by atoms with Crippen molar-refractivity contribution in [1.29, 1.82) is 0 Å². The van der Waals surface area contributed by atoms with Gasteiger partial charge in [-0.15, -0.1) is 0 Å². The molecule has 1 atom stereocenters. The van der Waals surface area contributed by atoms with E-state index in [1.54, 1.807) is 6.08 Å². The molecule has 0 amide bonds. The first-order valence-electron chi connectivity index (χ1n) is 5.89. The highest BCUT2D eigenvalue weighted by Gasteiger charge is 2.12. The van der Waals surface area contributed by atoms with Gasteiger partial charge in [0.05, 0.1) is 12.6 Å². The van der Waals surface area contributed by atoms with Crippen LogP contribution in [0.2, 0.25) is 0 Å². The van der Waals surface area contributed by atoms with Crippen LogP contribution >= 0.6 is 0 Å². The first-order valence-corrected chi connectivity index (χ1v) is 5.89. The first-order chi connectivity index (χ1) is 7.78. The normalized spacial score (nSPS) is 11.7. The Labute approximate surface area is 96.9 Å². The third kappa shape index (κ3) is 7.10. The Morgan fingerprint density at radius 3 is 2.31 bits per heavy atom. The third-order valence-electron chi connectivity index (χ3n) is 2.87. The molecule has 0 aromatic heterocycles. The van der Waals surface area contributed by atoms with Crippen LogP contribution in [0.25, 0.3) is 0 Å². The van der Waals surface area contributed by atoms with Crippen molar-refractivity contribution < 1.29 is 9.59 Å². The van der Waals surface area contributed by atoms with Gasteiger partial charge in [0.15, 0.2) is 0 Å². The van der Waals surface area contributed by atoms with Crippen LogP contribution in [0.1, 0.15) is 46.0 Å². The van der Waals surface area contributed by atoms with Crippen molar-refractivity contribution in [3.63, 3.8) is 0 Å². The molecule has 4 nitrogen and oxygen atoms in total. The van der Waals surface area contributed by atoms with Crippen LogP contribution < -0.4 is 0 Å². The van der Waals surface area contributed by atoms with Crippen molar-refractivity contribution in [2.45, 2.75) is 52.0 Å². The van der Waals surface area contributed by atoms with E-state index in [1.165, 1.54) is 6.08 Å². The molecule has 0 heterocycles. The van der Waals surface area contributed by atoms with Gasteiger partial charge in [0.2, 0.25) is 12.2 Å². The average Bonchev–Trinajstić information content (AvgIpc) is 2.31. The van der Waals surface area contributed by atoms with E-state index in [1.807, 2.05) is 0 Å². The molecular formula is C12H20N2O2. The van der Waals surface area contributed by atoms with Gasteiger partial charge in [-0.3, -0.25) is 0 Å². The molecule has 16 heavy (non-hydrogen) atoms. The lowest BCUT2D eigenvalue weighted by Gasteiger charge is -2.16. The van der Waals surface area contributed by atoms with Crippen LogP contribution in [0.3, 0.4) is 0 Å². The van der Waals surface area contributed by atoms with Gasteiger partial charge in [0, 0.05) is 0 Å². The second-order valence-corrected chi connectivity index (χ2v) is 3.91. The molecule has 0 aromatic rings. The van der Waals surface area contributed by atoms with E-state index < -0.39 is 0 Å². The number of rotatable bonds is 9. The summed E-state index contributed by atoms with van der Waals surface area (Å²) >= 11 is 0. The summed E-state index contributed by atoms with van der Waals surface area (Å²) in [4.78, 5) is 27.4. The number of aliphatic imine (C=N–C) groups is 2. The number of isocyanates is 2. The Bertz CT molecular complexity index is 262. The highest BCUT2D eigenvalue weighted by atomic mass is 16.1. The molecule has 0 spiro atoms. The van der Waals surface area contributed by atoms with E-state index in [2.05, 4.69) is 23.8 Å². The van der Waals surface area contributed by atoms with Crippen LogP contribution in [0, 0.1) is 5.92 Å². The number of hydrogen-bond donors (Lipinski definition) is 0. The second kappa shape index (κ2) is 10.3. The Hall–Kier alpha value is -1.24. The van der Waals surface area contributed by atoms with Crippen LogP contribution in [0.4, 0.5) is 0 Å². The van der Waals surface area contributed by atoms with Gasteiger partial charge in [-0.2, -0.15) is 0 Å². The summed E-state index contributed by atoms with van der Waals surface area (Å²) in [5.74, 6) is 0.608. The maximum atomic E-state index is 10.3. The van der Waals surface area contributed by atoms with Gasteiger partial charge >= 0.3 is 0 Å². The summed E-state index contributed by atoms with van der Waals surface area (Å²) in [5, 5.41) is 0. The minimum absolute atomic E-state index is 0.0317. The van der Waals surface area contributed by atoms with Crippen LogP contribution in [0.5, 0.6) is 0 Å². The fourth-order valence-corrected chi connectivity index (χ4v) is 1.77. The maximum Gasteiger partial charge on any atom is 0.235 e. The Morgan fingerprint density at radius 1 is 1.12 bits per heavy atom. The number of hydrogen-bond acceptors (Lipinski definition) is 4. The largest absolute Gasteiger partial charge is 0.235 e. The Morgan fingerprint density at radius 2 is 1.81 bits per heavy atom. The molecule has 0 aliphatic heterocycles. The van der Waals surface area contributed by atoms with Crippen LogP contribution in [-0.2, 0) is 9.59 Å². The molecular weight excluding hydrogens is 204 g/mol. The molecule has 0 N–H and O–H groups in total. The molecule has 1 unspecified atom stereocenters. The van der Waals surface area contributed by atoms with Crippen LogP contribution in [-0.4, -0.2) is 24.7 Å². The summed E-state index contributed by atoms with van der Waals surface area (Å²) in [6.07, 6.45) is 7.82. The van der Waals surface area contributed by atoms with Crippen LogP contribution in [0.15, 0.2) is 9.98 Å². The zero-order valence-corrected chi connectivity index (χ0v) is 10.1. The summed E-state index contributed by atoms with van der Waals surface area (Å²) in [6, 6.07) is 0.0317. The first kappa shape index (κ1) is 14.8. The van der Waals surface area contributed by atoms with Crippen molar-refractivity contribution in [3.05, 3.63) is 0 Å². The lowest BCUT2D eigenvalue weighted by molar-refractivity contribution is 0.393. The molecule has 90 valence electrons. The lowest BCUT2D eigenvalue weighted by atomic mass is 9.93. The minimum Gasteiger partial charge on any atom is -0.211 e. The van der Waals surface area contributed by atoms with Gasteiger partial charge in [-0.1, -0.05) is 26.7 Å². The average molecular weight is 224 g/mol. The molecule has 0 bridgehead atoms. The predicted molar refractivity (Wildman–Crippen MR) is 62.8 cm³/mol. The highest BCUT2D eigenvalue weighted by molar-refractivity contribution is 5.33. The Balaban J connectivity index is 4.05. The van der Waals surface area contributed by atoms with E-state index in [0.717, 1.165) is 32.1 Å². The molecule has 0 aliphatic carbocycles. The topological polar surface area (TPSA) is 58.9 Å². The van der Waals surface area contributed by atoms with E-state index in [4.69, 9.17) is 0 Å². The van der Waals surface area contributed by atoms with Crippen molar-refractivity contribution in [2.24, 2.45) is 15.9 Å². The lowest BCUT2D eigenvalue weighted by Crippen LogP contribution is -2.11. The fourth-order valence-electron chi connectivity index (χ4n) is 1.77. The third-order valence-corrected chi connectivity index (χ3v) is 2.87. The monoisotopic (exact) mass is 224 g/mol. The predicted octanol–water partition coefficient (Wildman–Crippen LogP) is 2.63. The standard InChI is InChI=1S/C12H20N2O2/c1-3-11(4-2)8-12(14-10-16)6-5-7-13-9-15/h11-12H,3-8H2,1-2H3. The maximum absolute atomic E-state index is 10.3.